The van der Waals surface area contributed by atoms with Gasteiger partial charge in [-0.05, 0) is 89.7 Å². The Morgan fingerprint density at radius 2 is 1.85 bits per heavy atom. The van der Waals surface area contributed by atoms with Crippen molar-refractivity contribution in [2.45, 2.75) is 118 Å². The summed E-state index contributed by atoms with van der Waals surface area (Å²) in [5.41, 5.74) is 2.97. The van der Waals surface area contributed by atoms with Crippen LogP contribution >= 0.6 is 12.3 Å². The molecule has 4 rings (SSSR count). The van der Waals surface area contributed by atoms with Crippen LogP contribution in [0.25, 0.3) is 0 Å². The lowest BCUT2D eigenvalue weighted by Crippen LogP contribution is -2.63. The maximum Gasteiger partial charge on any atom is 0.303 e. The molecule has 1 fully saturated rings. The van der Waals surface area contributed by atoms with Crippen molar-refractivity contribution in [1.82, 2.24) is 0 Å². The molecule has 0 radical (unpaired) electrons. The number of esters is 1. The zero-order valence-corrected chi connectivity index (χ0v) is 26.8. The first-order valence-corrected chi connectivity index (χ1v) is 15.7. The summed E-state index contributed by atoms with van der Waals surface area (Å²) in [6, 6.07) is 0. The minimum Gasteiger partial charge on any atom is -0.458 e. The monoisotopic (exact) mass is 594 g/mol. The Morgan fingerprint density at radius 3 is 2.46 bits per heavy atom. The highest BCUT2D eigenvalue weighted by molar-refractivity contribution is 7.89. The zero-order chi connectivity index (χ0) is 30.5. The lowest BCUT2D eigenvalue weighted by Gasteiger charge is -2.62. The number of ether oxygens (including phenoxy) is 1. The normalized spacial score (nSPS) is 38.6. The lowest BCUT2D eigenvalue weighted by atomic mass is 9.45. The van der Waals surface area contributed by atoms with Gasteiger partial charge >= 0.3 is 5.97 Å². The average molecular weight is 595 g/mol. The number of hydrogen-bond donors (Lipinski definition) is 3. The van der Waals surface area contributed by atoms with Gasteiger partial charge in [0.15, 0.2) is 12.3 Å². The second-order valence-corrected chi connectivity index (χ2v) is 14.7. The Labute approximate surface area is 249 Å². The minimum absolute atomic E-state index is 0.0635. The van der Waals surface area contributed by atoms with Crippen LogP contribution in [0.1, 0.15) is 93.9 Å². The van der Waals surface area contributed by atoms with Crippen LogP contribution in [0.4, 0.5) is 0 Å². The molecule has 0 aromatic heterocycles. The SMILES string of the molecule is C=C(CC[C@@H](C)[C@H]1CC=C2C3=C([C@@H](O)[C@H](OC(C)=O)[C@@]21C)[C@@]1(C)C[C@@H](O)[C@H](OSOOO)C(C)(C)[C@@H]1CC3)C(C)C. The van der Waals surface area contributed by atoms with Crippen LogP contribution in [0.3, 0.4) is 0 Å². The Kier molecular flexibility index (Phi) is 9.62. The summed E-state index contributed by atoms with van der Waals surface area (Å²) in [7, 11) is 0. The Balaban J connectivity index is 1.73. The number of hydrogen-bond acceptors (Lipinski definition) is 9. The van der Waals surface area contributed by atoms with E-state index in [0.717, 1.165) is 37.7 Å². The number of carbonyl (C=O) groups is 1. The predicted octanol–water partition coefficient (Wildman–Crippen LogP) is 6.75. The molecule has 0 spiro atoms. The molecular formula is C32H50O8S. The van der Waals surface area contributed by atoms with Crippen molar-refractivity contribution in [3.8, 4) is 0 Å². The molecule has 4 aliphatic carbocycles. The van der Waals surface area contributed by atoms with E-state index >= 15 is 0 Å². The Bertz CT molecular complexity index is 1080. The molecule has 41 heavy (non-hydrogen) atoms. The number of aliphatic hydroxyl groups is 2. The molecule has 4 aliphatic rings. The molecule has 1 saturated carbocycles. The summed E-state index contributed by atoms with van der Waals surface area (Å²) in [6.07, 6.45) is 4.04. The van der Waals surface area contributed by atoms with Crippen molar-refractivity contribution in [3.05, 3.63) is 34.9 Å². The van der Waals surface area contributed by atoms with E-state index in [1.54, 1.807) is 0 Å². The number of carbonyl (C=O) groups excluding carboxylic acids is 1. The molecule has 0 heterocycles. The fourth-order valence-electron chi connectivity index (χ4n) is 9.30. The summed E-state index contributed by atoms with van der Waals surface area (Å²) in [5, 5.41) is 35.8. The van der Waals surface area contributed by atoms with Gasteiger partial charge in [0.2, 0.25) is 0 Å². The van der Waals surface area contributed by atoms with Gasteiger partial charge in [-0.1, -0.05) is 71.7 Å². The molecule has 9 atom stereocenters. The molecule has 0 aliphatic heterocycles. The summed E-state index contributed by atoms with van der Waals surface area (Å²) < 4.78 is 16.3. The molecule has 0 aromatic rings. The highest BCUT2D eigenvalue weighted by Gasteiger charge is 2.65. The van der Waals surface area contributed by atoms with Gasteiger partial charge < -0.3 is 14.9 Å². The molecular weight excluding hydrogens is 544 g/mol. The van der Waals surface area contributed by atoms with Gasteiger partial charge in [-0.2, -0.15) is 0 Å². The molecule has 232 valence electrons. The van der Waals surface area contributed by atoms with Gasteiger partial charge in [-0.3, -0.25) is 8.98 Å². The summed E-state index contributed by atoms with van der Waals surface area (Å²) >= 11 is 0.491. The number of fused-ring (bicyclic) bond motifs is 4. The molecule has 0 aromatic carbocycles. The van der Waals surface area contributed by atoms with E-state index in [0.29, 0.717) is 30.6 Å². The van der Waals surface area contributed by atoms with Crippen LogP contribution < -0.4 is 0 Å². The fraction of sp³-hybridized carbons (Fsp3) is 0.781. The Hall–Kier alpha value is -1.20. The van der Waals surface area contributed by atoms with Crippen molar-refractivity contribution in [2.24, 2.45) is 39.9 Å². The minimum atomic E-state index is -0.983. The first kappa shape index (κ1) is 32.7. The highest BCUT2D eigenvalue weighted by Crippen LogP contribution is 2.67. The first-order valence-electron chi connectivity index (χ1n) is 15.1. The molecule has 3 N–H and O–H groups in total. The summed E-state index contributed by atoms with van der Waals surface area (Å²) in [6.45, 7) is 20.8. The van der Waals surface area contributed by atoms with Crippen LogP contribution in [0, 0.1) is 39.9 Å². The van der Waals surface area contributed by atoms with Crippen molar-refractivity contribution < 1.29 is 38.6 Å². The van der Waals surface area contributed by atoms with Crippen molar-refractivity contribution in [1.29, 1.82) is 0 Å². The van der Waals surface area contributed by atoms with Crippen LogP contribution in [0.2, 0.25) is 0 Å². The fourth-order valence-corrected chi connectivity index (χ4v) is 9.82. The molecule has 0 saturated heterocycles. The second kappa shape index (κ2) is 12.1. The van der Waals surface area contributed by atoms with Gasteiger partial charge in [0, 0.05) is 12.3 Å². The van der Waals surface area contributed by atoms with Gasteiger partial charge in [0.25, 0.3) is 0 Å². The van der Waals surface area contributed by atoms with Crippen LogP contribution in [0.5, 0.6) is 0 Å². The summed E-state index contributed by atoms with van der Waals surface area (Å²) in [4.78, 5) is 12.5. The van der Waals surface area contributed by atoms with E-state index in [2.05, 4.69) is 70.5 Å². The van der Waals surface area contributed by atoms with Crippen LogP contribution in [0.15, 0.2) is 34.9 Å². The molecule has 0 amide bonds. The number of aliphatic hydroxyl groups excluding tert-OH is 2. The molecule has 0 unspecified atom stereocenters. The Morgan fingerprint density at radius 1 is 1.17 bits per heavy atom. The maximum atomic E-state index is 12.5. The molecule has 0 bridgehead atoms. The standard InChI is InChI=1S/C32H50O8S/c1-17(2)18(3)10-11-19(4)22-13-14-23-21-12-15-25-30(6,7)28(38-41-40-39-36)24(34)16-31(25,8)26(21)27(35)29(32(22,23)9)37-20(5)33/h14,17,19,22,24-25,27-29,34-36H,3,10-13,15-16H2,1-2,4-9H3/t19-,22-,24-,25+,27-,28+,29+,31+,32-/m1/s1. The van der Waals surface area contributed by atoms with Crippen molar-refractivity contribution in [2.75, 3.05) is 0 Å². The second-order valence-electron chi connectivity index (χ2n) is 14.3. The van der Waals surface area contributed by atoms with Gasteiger partial charge in [-0.25, -0.2) is 5.26 Å². The van der Waals surface area contributed by atoms with E-state index in [4.69, 9.17) is 14.2 Å². The highest BCUT2D eigenvalue weighted by atomic mass is 32.2. The van der Waals surface area contributed by atoms with Gasteiger partial charge in [-0.15, -0.1) is 4.33 Å². The van der Waals surface area contributed by atoms with E-state index in [9.17, 15) is 15.0 Å². The number of rotatable bonds is 10. The molecule has 9 heteroatoms. The average Bonchev–Trinajstić information content (AvgIpc) is 3.23. The van der Waals surface area contributed by atoms with E-state index in [1.165, 1.54) is 23.6 Å². The van der Waals surface area contributed by atoms with Gasteiger partial charge in [0.05, 0.1) is 6.10 Å². The predicted molar refractivity (Wildman–Crippen MR) is 158 cm³/mol. The smallest absolute Gasteiger partial charge is 0.303 e. The van der Waals surface area contributed by atoms with Crippen LogP contribution in [-0.2, 0) is 23.1 Å². The van der Waals surface area contributed by atoms with E-state index in [-0.39, 0.29) is 11.8 Å². The third-order valence-electron chi connectivity index (χ3n) is 11.4. The van der Waals surface area contributed by atoms with Gasteiger partial charge in [0.1, 0.15) is 18.3 Å². The third kappa shape index (κ3) is 5.49. The van der Waals surface area contributed by atoms with Crippen LogP contribution in [-0.4, -0.2) is 45.9 Å². The largest absolute Gasteiger partial charge is 0.458 e. The first-order chi connectivity index (χ1) is 19.1. The summed E-state index contributed by atoms with van der Waals surface area (Å²) in [5.74, 6) is 0.669. The van der Waals surface area contributed by atoms with E-state index < -0.39 is 46.6 Å². The van der Waals surface area contributed by atoms with Crippen molar-refractivity contribution >= 4 is 18.3 Å². The van der Waals surface area contributed by atoms with E-state index in [1.807, 2.05) is 0 Å². The zero-order valence-electron chi connectivity index (χ0n) is 25.9. The lowest BCUT2D eigenvalue weighted by molar-refractivity contribution is -0.434. The topological polar surface area (TPSA) is 115 Å². The quantitative estimate of drug-likeness (QED) is 0.0631. The number of allylic oxidation sites excluding steroid dienone is 3. The van der Waals surface area contributed by atoms with Crippen molar-refractivity contribution in [3.63, 3.8) is 0 Å². The third-order valence-corrected chi connectivity index (χ3v) is 11.8. The molecule has 8 nitrogen and oxygen atoms in total. The maximum absolute atomic E-state index is 12.5.